The van der Waals surface area contributed by atoms with Crippen molar-refractivity contribution in [1.82, 2.24) is 15.6 Å². The standard InChI is InChI=1S/C16H28N4O/c1-5-9-17-10-11-18-16(21)14-7-8-15(19-12-14)20(6-2)13(3)4/h7-8,12-13,17H,5-6,9-11H2,1-4H3,(H,18,21). The zero-order chi connectivity index (χ0) is 15.7. The summed E-state index contributed by atoms with van der Waals surface area (Å²) in [4.78, 5) is 18.6. The lowest BCUT2D eigenvalue weighted by Crippen LogP contribution is -2.33. The van der Waals surface area contributed by atoms with Crippen LogP contribution in [0.15, 0.2) is 18.3 Å². The first-order chi connectivity index (χ1) is 10.1. The van der Waals surface area contributed by atoms with Crippen LogP contribution in [-0.2, 0) is 0 Å². The van der Waals surface area contributed by atoms with Gasteiger partial charge in [0.25, 0.3) is 5.91 Å². The van der Waals surface area contributed by atoms with Gasteiger partial charge in [-0.25, -0.2) is 4.98 Å². The van der Waals surface area contributed by atoms with E-state index in [1.807, 2.05) is 12.1 Å². The molecule has 0 spiro atoms. The Balaban J connectivity index is 2.51. The average Bonchev–Trinajstić information content (AvgIpc) is 2.48. The van der Waals surface area contributed by atoms with Crippen molar-refractivity contribution >= 4 is 11.7 Å². The van der Waals surface area contributed by atoms with Crippen LogP contribution in [0.2, 0.25) is 0 Å². The first-order valence-electron chi connectivity index (χ1n) is 7.81. The van der Waals surface area contributed by atoms with Crippen LogP contribution in [0.5, 0.6) is 0 Å². The van der Waals surface area contributed by atoms with Gasteiger partial charge < -0.3 is 15.5 Å². The van der Waals surface area contributed by atoms with Gasteiger partial charge in [0.05, 0.1) is 5.56 Å². The fourth-order valence-electron chi connectivity index (χ4n) is 2.15. The lowest BCUT2D eigenvalue weighted by Gasteiger charge is -2.26. The molecular formula is C16H28N4O. The molecular weight excluding hydrogens is 264 g/mol. The smallest absolute Gasteiger partial charge is 0.252 e. The minimum Gasteiger partial charge on any atom is -0.354 e. The SMILES string of the molecule is CCCNCCNC(=O)c1ccc(N(CC)C(C)C)nc1. The lowest BCUT2D eigenvalue weighted by molar-refractivity contribution is 0.0953. The third-order valence-corrected chi connectivity index (χ3v) is 3.28. The Labute approximate surface area is 128 Å². The van der Waals surface area contributed by atoms with Crippen LogP contribution in [0.1, 0.15) is 44.5 Å². The number of hydrogen-bond acceptors (Lipinski definition) is 4. The van der Waals surface area contributed by atoms with Crippen molar-refractivity contribution in [3.8, 4) is 0 Å². The lowest BCUT2D eigenvalue weighted by atomic mass is 10.2. The summed E-state index contributed by atoms with van der Waals surface area (Å²) in [5, 5.41) is 6.14. The van der Waals surface area contributed by atoms with Crippen LogP contribution in [0.25, 0.3) is 0 Å². The molecule has 0 bridgehead atoms. The fraction of sp³-hybridized carbons (Fsp3) is 0.625. The van der Waals surface area contributed by atoms with Gasteiger partial charge in [0.1, 0.15) is 5.82 Å². The van der Waals surface area contributed by atoms with Gasteiger partial charge in [0, 0.05) is 31.9 Å². The van der Waals surface area contributed by atoms with E-state index >= 15 is 0 Å². The van der Waals surface area contributed by atoms with Crippen LogP contribution < -0.4 is 15.5 Å². The van der Waals surface area contributed by atoms with Gasteiger partial charge >= 0.3 is 0 Å². The minimum absolute atomic E-state index is 0.0695. The molecule has 2 N–H and O–H groups in total. The van der Waals surface area contributed by atoms with E-state index in [4.69, 9.17) is 0 Å². The molecule has 5 nitrogen and oxygen atoms in total. The normalized spacial score (nSPS) is 10.7. The van der Waals surface area contributed by atoms with Crippen molar-refractivity contribution in [2.75, 3.05) is 31.1 Å². The van der Waals surface area contributed by atoms with E-state index in [1.54, 1.807) is 6.20 Å². The van der Waals surface area contributed by atoms with Gasteiger partial charge in [-0.1, -0.05) is 6.92 Å². The van der Waals surface area contributed by atoms with E-state index in [0.717, 1.165) is 31.9 Å². The minimum atomic E-state index is -0.0695. The number of hydrogen-bond donors (Lipinski definition) is 2. The topological polar surface area (TPSA) is 57.3 Å². The van der Waals surface area contributed by atoms with Crippen molar-refractivity contribution < 1.29 is 4.79 Å². The highest BCUT2D eigenvalue weighted by atomic mass is 16.1. The number of anilines is 1. The first kappa shape index (κ1) is 17.4. The third kappa shape index (κ3) is 5.71. The van der Waals surface area contributed by atoms with Crippen LogP contribution in [0.4, 0.5) is 5.82 Å². The number of aromatic nitrogens is 1. The maximum atomic E-state index is 12.0. The molecule has 1 heterocycles. The summed E-state index contributed by atoms with van der Waals surface area (Å²) in [6, 6.07) is 4.14. The molecule has 1 rings (SSSR count). The fourth-order valence-corrected chi connectivity index (χ4v) is 2.15. The van der Waals surface area contributed by atoms with Crippen molar-refractivity contribution in [1.29, 1.82) is 0 Å². The second-order valence-corrected chi connectivity index (χ2v) is 5.29. The van der Waals surface area contributed by atoms with E-state index in [2.05, 4.69) is 48.2 Å². The number of nitrogens with one attached hydrogen (secondary N) is 2. The van der Waals surface area contributed by atoms with E-state index in [9.17, 15) is 4.79 Å². The summed E-state index contributed by atoms with van der Waals surface area (Å²) < 4.78 is 0. The van der Waals surface area contributed by atoms with Gasteiger partial charge in [-0.05, 0) is 45.9 Å². The quantitative estimate of drug-likeness (QED) is 0.684. The van der Waals surface area contributed by atoms with Gasteiger partial charge in [-0.3, -0.25) is 4.79 Å². The van der Waals surface area contributed by atoms with Crippen molar-refractivity contribution in [2.45, 2.75) is 40.2 Å². The predicted octanol–water partition coefficient (Wildman–Crippen LogP) is 2.05. The molecule has 1 amide bonds. The molecule has 118 valence electrons. The van der Waals surface area contributed by atoms with Crippen LogP contribution >= 0.6 is 0 Å². The van der Waals surface area contributed by atoms with Crippen molar-refractivity contribution in [3.63, 3.8) is 0 Å². The highest BCUT2D eigenvalue weighted by molar-refractivity contribution is 5.94. The number of pyridine rings is 1. The monoisotopic (exact) mass is 292 g/mol. The van der Waals surface area contributed by atoms with Gasteiger partial charge in [-0.2, -0.15) is 0 Å². The molecule has 21 heavy (non-hydrogen) atoms. The van der Waals surface area contributed by atoms with Crippen molar-refractivity contribution in [3.05, 3.63) is 23.9 Å². The summed E-state index contributed by atoms with van der Waals surface area (Å²) in [7, 11) is 0. The van der Waals surface area contributed by atoms with Crippen LogP contribution in [0, 0.1) is 0 Å². The maximum absolute atomic E-state index is 12.0. The van der Waals surface area contributed by atoms with E-state index in [1.165, 1.54) is 0 Å². The second kappa shape index (κ2) is 9.34. The van der Waals surface area contributed by atoms with E-state index in [0.29, 0.717) is 18.2 Å². The molecule has 0 aliphatic carbocycles. The number of carbonyl (C=O) groups is 1. The molecule has 0 unspecified atom stereocenters. The highest BCUT2D eigenvalue weighted by Crippen LogP contribution is 2.13. The number of nitrogens with zero attached hydrogens (tertiary/aromatic N) is 2. The van der Waals surface area contributed by atoms with E-state index < -0.39 is 0 Å². The zero-order valence-corrected chi connectivity index (χ0v) is 13.6. The van der Waals surface area contributed by atoms with E-state index in [-0.39, 0.29) is 5.91 Å². The zero-order valence-electron chi connectivity index (χ0n) is 13.6. The highest BCUT2D eigenvalue weighted by Gasteiger charge is 2.11. The Morgan fingerprint density at radius 3 is 2.52 bits per heavy atom. The van der Waals surface area contributed by atoms with Gasteiger partial charge in [-0.15, -0.1) is 0 Å². The van der Waals surface area contributed by atoms with Crippen LogP contribution in [0.3, 0.4) is 0 Å². The Morgan fingerprint density at radius 1 is 1.24 bits per heavy atom. The summed E-state index contributed by atoms with van der Waals surface area (Å²) in [6.07, 6.45) is 2.75. The van der Waals surface area contributed by atoms with Crippen LogP contribution in [-0.4, -0.2) is 43.1 Å². The maximum Gasteiger partial charge on any atom is 0.252 e. The third-order valence-electron chi connectivity index (χ3n) is 3.28. The predicted molar refractivity (Wildman–Crippen MR) is 87.9 cm³/mol. The Kier molecular flexibility index (Phi) is 7.75. The second-order valence-electron chi connectivity index (χ2n) is 5.29. The molecule has 1 aromatic rings. The van der Waals surface area contributed by atoms with Crippen molar-refractivity contribution in [2.24, 2.45) is 0 Å². The van der Waals surface area contributed by atoms with Gasteiger partial charge in [0.2, 0.25) is 0 Å². The summed E-state index contributed by atoms with van der Waals surface area (Å²) in [5.74, 6) is 0.841. The summed E-state index contributed by atoms with van der Waals surface area (Å²) >= 11 is 0. The number of amides is 1. The molecule has 0 aliphatic heterocycles. The number of rotatable bonds is 9. The van der Waals surface area contributed by atoms with Gasteiger partial charge in [0.15, 0.2) is 0 Å². The molecule has 0 saturated carbocycles. The Morgan fingerprint density at radius 2 is 2.00 bits per heavy atom. The molecule has 1 aromatic heterocycles. The molecule has 0 aromatic carbocycles. The summed E-state index contributed by atoms with van der Waals surface area (Å²) in [6.45, 7) is 11.8. The Hall–Kier alpha value is -1.62. The average molecular weight is 292 g/mol. The molecule has 5 heteroatoms. The largest absolute Gasteiger partial charge is 0.354 e. The summed E-state index contributed by atoms with van der Waals surface area (Å²) in [5.41, 5.74) is 0.606. The first-order valence-corrected chi connectivity index (χ1v) is 7.81. The number of carbonyl (C=O) groups excluding carboxylic acids is 1. The molecule has 0 aliphatic rings. The Bertz CT molecular complexity index is 417. The molecule has 0 atom stereocenters. The molecule has 0 fully saturated rings. The molecule has 0 radical (unpaired) electrons. The molecule has 0 saturated heterocycles.